The first-order valence-electron chi connectivity index (χ1n) is 7.60. The summed E-state index contributed by atoms with van der Waals surface area (Å²) in [6.07, 6.45) is 0. The van der Waals surface area contributed by atoms with Crippen LogP contribution in [-0.4, -0.2) is 41.4 Å². The van der Waals surface area contributed by atoms with E-state index in [0.29, 0.717) is 27.8 Å². The molecule has 1 saturated heterocycles. The SMILES string of the molecule is COC(=O)C1=C(C)N=C2SC(C)C(=O)N2C1c1cc(Br)ccc1OC. The van der Waals surface area contributed by atoms with Crippen LogP contribution >= 0.6 is 27.7 Å². The first-order chi connectivity index (χ1) is 11.9. The molecule has 1 aromatic rings. The number of amidine groups is 1. The number of rotatable bonds is 3. The van der Waals surface area contributed by atoms with E-state index in [-0.39, 0.29) is 11.2 Å². The summed E-state index contributed by atoms with van der Waals surface area (Å²) >= 11 is 4.84. The molecular weight excluding hydrogens is 408 g/mol. The Labute approximate surface area is 158 Å². The topological polar surface area (TPSA) is 68.2 Å². The Balaban J connectivity index is 2.25. The molecule has 8 heteroatoms. The van der Waals surface area contributed by atoms with Crippen molar-refractivity contribution in [1.82, 2.24) is 4.90 Å². The van der Waals surface area contributed by atoms with Gasteiger partial charge in [0.25, 0.3) is 0 Å². The van der Waals surface area contributed by atoms with Crippen LogP contribution in [0.15, 0.2) is 38.9 Å². The van der Waals surface area contributed by atoms with E-state index in [2.05, 4.69) is 20.9 Å². The minimum atomic E-state index is -0.641. The third-order valence-electron chi connectivity index (χ3n) is 4.15. The molecule has 1 amide bonds. The average molecular weight is 425 g/mol. The molecule has 2 heterocycles. The summed E-state index contributed by atoms with van der Waals surface area (Å²) in [5.74, 6) is -0.0182. The van der Waals surface area contributed by atoms with Crippen molar-refractivity contribution in [3.05, 3.63) is 39.5 Å². The number of carbonyl (C=O) groups is 2. The molecule has 2 atom stereocenters. The molecular formula is C17H17BrN2O4S. The number of aliphatic imine (C=N–C) groups is 1. The fourth-order valence-electron chi connectivity index (χ4n) is 2.99. The number of fused-ring (bicyclic) bond motifs is 1. The van der Waals surface area contributed by atoms with Crippen LogP contribution in [0.3, 0.4) is 0 Å². The summed E-state index contributed by atoms with van der Waals surface area (Å²) in [7, 11) is 2.88. The maximum atomic E-state index is 12.8. The lowest BCUT2D eigenvalue weighted by molar-refractivity contribution is -0.137. The van der Waals surface area contributed by atoms with Crippen LogP contribution in [0.2, 0.25) is 0 Å². The highest BCUT2D eigenvalue weighted by Gasteiger charge is 2.47. The van der Waals surface area contributed by atoms with E-state index in [0.717, 1.165) is 4.47 Å². The molecule has 2 aliphatic heterocycles. The van der Waals surface area contributed by atoms with Gasteiger partial charge in [-0.2, -0.15) is 0 Å². The molecule has 0 N–H and O–H groups in total. The molecule has 0 bridgehead atoms. The summed E-state index contributed by atoms with van der Waals surface area (Å²) in [5, 5.41) is 0.332. The molecule has 0 radical (unpaired) electrons. The van der Waals surface area contributed by atoms with Gasteiger partial charge in [-0.15, -0.1) is 0 Å². The second-order valence-electron chi connectivity index (χ2n) is 5.64. The fourth-order valence-corrected chi connectivity index (χ4v) is 4.39. The van der Waals surface area contributed by atoms with Crippen LogP contribution < -0.4 is 4.74 Å². The van der Waals surface area contributed by atoms with E-state index in [9.17, 15) is 9.59 Å². The van der Waals surface area contributed by atoms with Crippen molar-refractivity contribution in [2.24, 2.45) is 4.99 Å². The first-order valence-corrected chi connectivity index (χ1v) is 9.27. The highest BCUT2D eigenvalue weighted by molar-refractivity contribution is 9.10. The number of hydrogen-bond acceptors (Lipinski definition) is 6. The number of nitrogens with zero attached hydrogens (tertiary/aromatic N) is 2. The van der Waals surface area contributed by atoms with E-state index >= 15 is 0 Å². The number of ether oxygens (including phenoxy) is 2. The van der Waals surface area contributed by atoms with Gasteiger partial charge in [-0.3, -0.25) is 9.69 Å². The van der Waals surface area contributed by atoms with Gasteiger partial charge in [0.15, 0.2) is 5.17 Å². The molecule has 2 aliphatic rings. The Morgan fingerprint density at radius 3 is 2.72 bits per heavy atom. The monoisotopic (exact) mass is 424 g/mol. The lowest BCUT2D eigenvalue weighted by Crippen LogP contribution is -2.40. The molecule has 25 heavy (non-hydrogen) atoms. The summed E-state index contributed by atoms with van der Waals surface area (Å²) in [6.45, 7) is 3.58. The van der Waals surface area contributed by atoms with Crippen molar-refractivity contribution in [1.29, 1.82) is 0 Å². The fraction of sp³-hybridized carbons (Fsp3) is 0.353. The zero-order valence-electron chi connectivity index (χ0n) is 14.2. The molecule has 1 fully saturated rings. The molecule has 6 nitrogen and oxygen atoms in total. The van der Waals surface area contributed by atoms with Gasteiger partial charge in [-0.05, 0) is 32.0 Å². The second-order valence-corrected chi connectivity index (χ2v) is 7.87. The van der Waals surface area contributed by atoms with Crippen LogP contribution in [0.25, 0.3) is 0 Å². The van der Waals surface area contributed by atoms with Crippen molar-refractivity contribution in [2.75, 3.05) is 14.2 Å². The van der Waals surface area contributed by atoms with E-state index in [1.165, 1.54) is 18.9 Å². The van der Waals surface area contributed by atoms with Gasteiger partial charge < -0.3 is 9.47 Å². The number of carbonyl (C=O) groups excluding carboxylic acids is 2. The van der Waals surface area contributed by atoms with Gasteiger partial charge >= 0.3 is 5.97 Å². The lowest BCUT2D eigenvalue weighted by Gasteiger charge is -2.33. The minimum Gasteiger partial charge on any atom is -0.496 e. The minimum absolute atomic E-state index is 0.0929. The number of halogens is 1. The summed E-state index contributed by atoms with van der Waals surface area (Å²) < 4.78 is 11.3. The Morgan fingerprint density at radius 1 is 1.36 bits per heavy atom. The molecule has 0 aromatic heterocycles. The highest BCUT2D eigenvalue weighted by Crippen LogP contribution is 2.46. The van der Waals surface area contributed by atoms with Gasteiger partial charge in [0.2, 0.25) is 5.91 Å². The predicted octanol–water partition coefficient (Wildman–Crippen LogP) is 3.28. The second kappa shape index (κ2) is 6.84. The third-order valence-corrected chi connectivity index (χ3v) is 5.70. The van der Waals surface area contributed by atoms with Gasteiger partial charge in [0.05, 0.1) is 30.7 Å². The first kappa shape index (κ1) is 18.0. The predicted molar refractivity (Wildman–Crippen MR) is 99.5 cm³/mol. The molecule has 0 aliphatic carbocycles. The number of esters is 1. The number of thioether (sulfide) groups is 1. The maximum absolute atomic E-state index is 12.8. The molecule has 0 spiro atoms. The summed E-state index contributed by atoms with van der Waals surface area (Å²) in [6, 6.07) is 4.85. The van der Waals surface area contributed by atoms with E-state index < -0.39 is 12.0 Å². The van der Waals surface area contributed by atoms with Gasteiger partial charge in [0.1, 0.15) is 11.8 Å². The zero-order chi connectivity index (χ0) is 18.3. The zero-order valence-corrected chi connectivity index (χ0v) is 16.6. The Morgan fingerprint density at radius 2 is 2.08 bits per heavy atom. The molecule has 0 saturated carbocycles. The molecule has 3 rings (SSSR count). The van der Waals surface area contributed by atoms with Crippen LogP contribution in [0.5, 0.6) is 5.75 Å². The van der Waals surface area contributed by atoms with E-state index in [4.69, 9.17) is 9.47 Å². The van der Waals surface area contributed by atoms with E-state index in [1.807, 2.05) is 19.1 Å². The normalized spacial score (nSPS) is 22.7. The van der Waals surface area contributed by atoms with Gasteiger partial charge in [-0.25, -0.2) is 9.79 Å². The van der Waals surface area contributed by atoms with Crippen LogP contribution in [0.4, 0.5) is 0 Å². The van der Waals surface area contributed by atoms with Crippen molar-refractivity contribution in [3.8, 4) is 5.75 Å². The van der Waals surface area contributed by atoms with Gasteiger partial charge in [-0.1, -0.05) is 27.7 Å². The Bertz CT molecular complexity index is 821. The van der Waals surface area contributed by atoms with Crippen LogP contribution in [0.1, 0.15) is 25.5 Å². The third kappa shape index (κ3) is 2.97. The molecule has 2 unspecified atom stereocenters. The lowest BCUT2D eigenvalue weighted by atomic mass is 9.93. The average Bonchev–Trinajstić information content (AvgIpc) is 2.87. The summed E-state index contributed by atoms with van der Waals surface area (Å²) in [4.78, 5) is 31.3. The van der Waals surface area contributed by atoms with Crippen LogP contribution in [-0.2, 0) is 14.3 Å². The highest BCUT2D eigenvalue weighted by atomic mass is 79.9. The van der Waals surface area contributed by atoms with Crippen molar-refractivity contribution in [2.45, 2.75) is 25.1 Å². The number of hydrogen-bond donors (Lipinski definition) is 0. The Kier molecular flexibility index (Phi) is 4.92. The number of allylic oxidation sites excluding steroid dienone is 1. The van der Waals surface area contributed by atoms with Crippen molar-refractivity contribution < 1.29 is 19.1 Å². The molecule has 1 aromatic carbocycles. The Hall–Kier alpha value is -1.80. The number of benzene rings is 1. The van der Waals surface area contributed by atoms with Crippen LogP contribution in [0, 0.1) is 0 Å². The quantitative estimate of drug-likeness (QED) is 0.696. The largest absolute Gasteiger partial charge is 0.496 e. The maximum Gasteiger partial charge on any atom is 0.338 e. The van der Waals surface area contributed by atoms with Crippen molar-refractivity contribution >= 4 is 44.7 Å². The number of amides is 1. The summed E-state index contributed by atoms with van der Waals surface area (Å²) in [5.41, 5.74) is 1.58. The standard InChI is InChI=1S/C17H17BrN2O4S/c1-8-13(16(22)24-4)14(11-7-10(18)5-6-12(11)23-3)20-15(21)9(2)25-17(20)19-8/h5-7,9,14H,1-4H3. The van der Waals surface area contributed by atoms with Crippen molar-refractivity contribution in [3.63, 3.8) is 0 Å². The molecule has 132 valence electrons. The number of methoxy groups -OCH3 is 2. The smallest absolute Gasteiger partial charge is 0.338 e. The van der Waals surface area contributed by atoms with E-state index in [1.54, 1.807) is 25.0 Å². The van der Waals surface area contributed by atoms with Gasteiger partial charge in [0, 0.05) is 10.0 Å².